The number of benzene rings is 2. The first-order valence-corrected chi connectivity index (χ1v) is 11.4. The second-order valence-electron chi connectivity index (χ2n) is 7.08. The fourth-order valence-corrected chi connectivity index (χ4v) is 4.16. The fourth-order valence-electron chi connectivity index (χ4n) is 2.93. The Morgan fingerprint density at radius 1 is 1.09 bits per heavy atom. The van der Waals surface area contributed by atoms with Gasteiger partial charge in [0.15, 0.2) is 0 Å². The Balaban J connectivity index is 2.35. The van der Waals surface area contributed by atoms with Crippen molar-refractivity contribution >= 4 is 21.8 Å². The van der Waals surface area contributed by atoms with Crippen molar-refractivity contribution in [2.45, 2.75) is 37.8 Å². The molecule has 0 aromatic heterocycles. The van der Waals surface area contributed by atoms with Gasteiger partial charge >= 0.3 is 5.97 Å². The monoisotopic (exact) mass is 460 g/mol. The van der Waals surface area contributed by atoms with Crippen molar-refractivity contribution in [3.63, 3.8) is 0 Å². The van der Waals surface area contributed by atoms with Crippen molar-refractivity contribution < 1.29 is 27.5 Å². The van der Waals surface area contributed by atoms with Crippen molar-refractivity contribution in [2.24, 2.45) is 5.73 Å². The van der Waals surface area contributed by atoms with Gasteiger partial charge in [0.1, 0.15) is 24.6 Å². The number of hydrogen-bond donors (Lipinski definition) is 2. The van der Waals surface area contributed by atoms with Crippen LogP contribution >= 0.6 is 0 Å². The Labute approximate surface area is 188 Å². The summed E-state index contributed by atoms with van der Waals surface area (Å²) in [4.78, 5) is 23.1. The first-order valence-electron chi connectivity index (χ1n) is 9.95. The topological polar surface area (TPSA) is 125 Å². The molecule has 0 saturated carbocycles. The highest BCUT2D eigenvalue weighted by molar-refractivity contribution is 7.89. The van der Waals surface area contributed by atoms with Crippen molar-refractivity contribution in [3.05, 3.63) is 71.3 Å². The van der Waals surface area contributed by atoms with E-state index in [2.05, 4.69) is 4.72 Å². The molecule has 3 N–H and O–H groups in total. The van der Waals surface area contributed by atoms with Gasteiger partial charge in [0.05, 0.1) is 18.0 Å². The normalized spacial score (nSPS) is 12.8. The molecule has 0 fully saturated rings. The number of carbonyl (C=O) groups excluding carboxylic acids is 2. The molecule has 1 atom stereocenters. The molecule has 0 saturated heterocycles. The van der Waals surface area contributed by atoms with Crippen LogP contribution in [0.1, 0.15) is 37.4 Å². The first-order chi connectivity index (χ1) is 15.2. The lowest BCUT2D eigenvalue weighted by Gasteiger charge is -2.23. The molecule has 32 heavy (non-hydrogen) atoms. The predicted octanol–water partition coefficient (Wildman–Crippen LogP) is 2.64. The Kier molecular flexibility index (Phi) is 9.13. The van der Waals surface area contributed by atoms with Gasteiger partial charge in [0.25, 0.3) is 0 Å². The molecule has 0 heterocycles. The van der Waals surface area contributed by atoms with Crippen molar-refractivity contribution in [3.8, 4) is 5.75 Å². The summed E-state index contributed by atoms with van der Waals surface area (Å²) in [7, 11) is -2.38. The fraction of sp³-hybridized carbons (Fsp3) is 0.304. The summed E-state index contributed by atoms with van der Waals surface area (Å²) in [5.41, 5.74) is 7.53. The highest BCUT2D eigenvalue weighted by Crippen LogP contribution is 2.27. The SMILES string of the molecule is CC=C(COC(=O)CC(C)=O)C(NS(=O)(=O)c1ccc(CN)cc1)c1ccc(OC)cc1. The molecule has 0 bridgehead atoms. The third-order valence-corrected chi connectivity index (χ3v) is 6.16. The van der Waals surface area contributed by atoms with E-state index in [-0.39, 0.29) is 23.7 Å². The Bertz CT molecular complexity index is 1060. The molecule has 2 rings (SSSR count). The van der Waals surface area contributed by atoms with Crippen LogP contribution in [0.5, 0.6) is 5.75 Å². The quantitative estimate of drug-likeness (QED) is 0.300. The molecule has 2 aromatic carbocycles. The molecule has 0 amide bonds. The number of carbonyl (C=O) groups is 2. The zero-order valence-electron chi connectivity index (χ0n) is 18.3. The van der Waals surface area contributed by atoms with Gasteiger partial charge in [-0.05, 0) is 54.8 Å². The van der Waals surface area contributed by atoms with Gasteiger partial charge in [-0.3, -0.25) is 9.59 Å². The number of sulfonamides is 1. The van der Waals surface area contributed by atoms with Gasteiger partial charge in [0.2, 0.25) is 10.0 Å². The maximum absolute atomic E-state index is 13.1. The smallest absolute Gasteiger partial charge is 0.313 e. The molecular weight excluding hydrogens is 432 g/mol. The van der Waals surface area contributed by atoms with E-state index in [1.54, 1.807) is 49.4 Å². The molecular formula is C23H28N2O6S. The summed E-state index contributed by atoms with van der Waals surface area (Å²) in [5.74, 6) is -0.376. The van der Waals surface area contributed by atoms with Gasteiger partial charge in [-0.1, -0.05) is 30.3 Å². The highest BCUT2D eigenvalue weighted by Gasteiger charge is 2.25. The second kappa shape index (κ2) is 11.6. The van der Waals surface area contributed by atoms with Crippen LogP contribution in [0, 0.1) is 0 Å². The predicted molar refractivity (Wildman–Crippen MR) is 120 cm³/mol. The molecule has 0 radical (unpaired) electrons. The lowest BCUT2D eigenvalue weighted by atomic mass is 10.00. The van der Waals surface area contributed by atoms with Gasteiger partial charge in [-0.25, -0.2) is 8.42 Å². The minimum Gasteiger partial charge on any atom is -0.497 e. The number of Topliss-reactive ketones (excluding diaryl/α,β-unsaturated/α-hetero) is 1. The number of esters is 1. The first kappa shape index (κ1) is 25.3. The standard InChI is InChI=1S/C23H28N2O6S/c1-4-18(15-31-22(27)13-16(2)26)23(19-7-9-20(30-3)10-8-19)25-32(28,29)21-11-5-17(14-24)6-12-21/h4-12,23,25H,13-15,24H2,1-3H3. The van der Waals surface area contributed by atoms with E-state index in [1.165, 1.54) is 26.2 Å². The molecule has 2 aromatic rings. The summed E-state index contributed by atoms with van der Waals surface area (Å²) in [6.07, 6.45) is 1.33. The number of nitrogens with one attached hydrogen (secondary N) is 1. The van der Waals surface area contributed by atoms with Crippen LogP contribution in [0.2, 0.25) is 0 Å². The van der Waals surface area contributed by atoms with Crippen LogP contribution in [-0.4, -0.2) is 33.9 Å². The van der Waals surface area contributed by atoms with Crippen LogP contribution in [0.15, 0.2) is 65.1 Å². The maximum atomic E-state index is 13.1. The van der Waals surface area contributed by atoms with Crippen LogP contribution < -0.4 is 15.2 Å². The number of ether oxygens (including phenoxy) is 2. The molecule has 0 aliphatic carbocycles. The van der Waals surface area contributed by atoms with Crippen LogP contribution in [0.4, 0.5) is 0 Å². The lowest BCUT2D eigenvalue weighted by Crippen LogP contribution is -2.31. The van der Waals surface area contributed by atoms with Crippen molar-refractivity contribution in [2.75, 3.05) is 13.7 Å². The molecule has 1 unspecified atom stereocenters. The Morgan fingerprint density at radius 3 is 2.22 bits per heavy atom. The zero-order chi connectivity index (χ0) is 23.7. The molecule has 8 nitrogen and oxygen atoms in total. The second-order valence-corrected chi connectivity index (χ2v) is 8.79. The third kappa shape index (κ3) is 7.01. The summed E-state index contributed by atoms with van der Waals surface area (Å²) < 4.78 is 39.3. The number of ketones is 1. The van der Waals surface area contributed by atoms with Gasteiger partial charge in [-0.2, -0.15) is 4.72 Å². The minimum atomic E-state index is -3.92. The van der Waals surface area contributed by atoms with E-state index in [9.17, 15) is 18.0 Å². The maximum Gasteiger partial charge on any atom is 0.313 e. The van der Waals surface area contributed by atoms with Gasteiger partial charge in [0, 0.05) is 6.54 Å². The number of hydrogen-bond acceptors (Lipinski definition) is 7. The van der Waals surface area contributed by atoms with Crippen molar-refractivity contribution in [1.29, 1.82) is 0 Å². The van der Waals surface area contributed by atoms with Crippen LogP contribution in [0.3, 0.4) is 0 Å². The Morgan fingerprint density at radius 2 is 1.72 bits per heavy atom. The number of allylic oxidation sites excluding steroid dienone is 1. The number of rotatable bonds is 11. The average molecular weight is 461 g/mol. The van der Waals surface area contributed by atoms with E-state index in [1.807, 2.05) is 0 Å². The van der Waals surface area contributed by atoms with Gasteiger partial charge in [-0.15, -0.1) is 0 Å². The zero-order valence-corrected chi connectivity index (χ0v) is 19.1. The van der Waals surface area contributed by atoms with Crippen LogP contribution in [-0.2, 0) is 30.9 Å². The third-order valence-electron chi connectivity index (χ3n) is 4.73. The van der Waals surface area contributed by atoms with E-state index < -0.39 is 22.0 Å². The largest absolute Gasteiger partial charge is 0.497 e. The van der Waals surface area contributed by atoms with Crippen LogP contribution in [0.25, 0.3) is 0 Å². The minimum absolute atomic E-state index is 0.0808. The molecule has 0 spiro atoms. The van der Waals surface area contributed by atoms with E-state index in [4.69, 9.17) is 15.2 Å². The number of methoxy groups -OCH3 is 1. The summed E-state index contributed by atoms with van der Waals surface area (Å²) >= 11 is 0. The molecule has 0 aliphatic heterocycles. The van der Waals surface area contributed by atoms with Gasteiger partial charge < -0.3 is 15.2 Å². The summed E-state index contributed by atoms with van der Waals surface area (Å²) in [6, 6.07) is 12.3. The van der Waals surface area contributed by atoms with E-state index in [0.717, 1.165) is 5.56 Å². The molecule has 9 heteroatoms. The number of nitrogens with two attached hydrogens (primary N) is 1. The highest BCUT2D eigenvalue weighted by atomic mass is 32.2. The Hall–Kier alpha value is -3.01. The molecule has 0 aliphatic rings. The van der Waals surface area contributed by atoms with Crippen molar-refractivity contribution in [1.82, 2.24) is 4.72 Å². The van der Waals surface area contributed by atoms with E-state index in [0.29, 0.717) is 23.4 Å². The summed E-state index contributed by atoms with van der Waals surface area (Å²) in [6.45, 7) is 3.14. The lowest BCUT2D eigenvalue weighted by molar-refractivity contribution is -0.144. The average Bonchev–Trinajstić information content (AvgIpc) is 2.78. The van der Waals surface area contributed by atoms with E-state index >= 15 is 0 Å². The summed E-state index contributed by atoms with van der Waals surface area (Å²) in [5, 5.41) is 0. The molecule has 172 valence electrons.